The number of benzene rings is 1. The summed E-state index contributed by atoms with van der Waals surface area (Å²) in [5.74, 6) is -0.541. The van der Waals surface area contributed by atoms with Crippen LogP contribution in [0, 0.1) is 0 Å². The molecule has 0 aliphatic heterocycles. The fourth-order valence-corrected chi connectivity index (χ4v) is 1.28. The lowest BCUT2D eigenvalue weighted by Gasteiger charge is -2.05. The molecule has 0 saturated heterocycles. The van der Waals surface area contributed by atoms with Gasteiger partial charge in [-0.05, 0) is 34.1 Å². The second-order valence-electron chi connectivity index (χ2n) is 2.37. The molecule has 0 saturated carbocycles. The number of aliphatic carboxylic acids is 1. The minimum atomic E-state index is -1.01. The van der Waals surface area contributed by atoms with Gasteiger partial charge in [0.15, 0.2) is 6.61 Å². The summed E-state index contributed by atoms with van der Waals surface area (Å²) in [5.41, 5.74) is 6.07. The molecule has 0 aliphatic rings. The molecule has 0 atom stereocenters. The Morgan fingerprint density at radius 3 is 2.85 bits per heavy atom. The van der Waals surface area contributed by atoms with Crippen molar-refractivity contribution >= 4 is 27.6 Å². The largest absolute Gasteiger partial charge is 0.481 e. The van der Waals surface area contributed by atoms with Gasteiger partial charge in [-0.1, -0.05) is 0 Å². The first-order valence-corrected chi connectivity index (χ1v) is 4.28. The molecular weight excluding hydrogens is 238 g/mol. The minimum Gasteiger partial charge on any atom is -0.481 e. The van der Waals surface area contributed by atoms with Crippen molar-refractivity contribution in [1.29, 1.82) is 0 Å². The van der Waals surface area contributed by atoms with E-state index in [1.165, 1.54) is 0 Å². The fourth-order valence-electron chi connectivity index (χ4n) is 0.774. The Morgan fingerprint density at radius 1 is 1.62 bits per heavy atom. The Labute approximate surface area is 83.4 Å². The zero-order valence-electron chi connectivity index (χ0n) is 6.66. The van der Waals surface area contributed by atoms with Crippen molar-refractivity contribution in [1.82, 2.24) is 0 Å². The summed E-state index contributed by atoms with van der Waals surface area (Å²) in [7, 11) is 0. The Morgan fingerprint density at radius 2 is 2.31 bits per heavy atom. The highest BCUT2D eigenvalue weighted by Crippen LogP contribution is 2.26. The maximum atomic E-state index is 10.2. The van der Waals surface area contributed by atoms with Crippen molar-refractivity contribution in [2.45, 2.75) is 0 Å². The topological polar surface area (TPSA) is 72.5 Å². The summed E-state index contributed by atoms with van der Waals surface area (Å²) in [6.07, 6.45) is 0. The molecule has 0 unspecified atom stereocenters. The molecule has 0 spiro atoms. The highest BCUT2D eigenvalue weighted by Gasteiger charge is 2.03. The summed E-state index contributed by atoms with van der Waals surface area (Å²) < 4.78 is 5.60. The molecule has 0 bridgehead atoms. The smallest absolute Gasteiger partial charge is 0.341 e. The standard InChI is InChI=1S/C8H8BrNO3/c9-6-3-5(10)1-2-7(6)13-4-8(11)12/h1-3H,4,10H2,(H,11,12). The number of anilines is 1. The molecule has 0 heterocycles. The molecule has 0 aromatic heterocycles. The van der Waals surface area contributed by atoms with Crippen LogP contribution in [-0.2, 0) is 4.79 Å². The number of halogens is 1. The lowest BCUT2D eigenvalue weighted by atomic mass is 10.3. The van der Waals surface area contributed by atoms with Crippen LogP contribution in [0.15, 0.2) is 22.7 Å². The number of carboxylic acid groups (broad SMARTS) is 1. The maximum Gasteiger partial charge on any atom is 0.341 e. The van der Waals surface area contributed by atoms with E-state index in [1.807, 2.05) is 0 Å². The first kappa shape index (κ1) is 9.85. The number of nitrogens with two attached hydrogens (primary N) is 1. The number of hydrogen-bond acceptors (Lipinski definition) is 3. The number of carbonyl (C=O) groups is 1. The minimum absolute atomic E-state index is 0.359. The second kappa shape index (κ2) is 4.13. The van der Waals surface area contributed by atoms with Crippen molar-refractivity contribution in [3.63, 3.8) is 0 Å². The lowest BCUT2D eigenvalue weighted by molar-refractivity contribution is -0.139. The Bertz CT molecular complexity index is 327. The van der Waals surface area contributed by atoms with Gasteiger partial charge < -0.3 is 15.6 Å². The van der Waals surface area contributed by atoms with Crippen molar-refractivity contribution in [3.05, 3.63) is 22.7 Å². The van der Waals surface area contributed by atoms with Gasteiger partial charge in [0.05, 0.1) is 4.47 Å². The van der Waals surface area contributed by atoms with Gasteiger partial charge in [0.1, 0.15) is 5.75 Å². The predicted molar refractivity (Wildman–Crippen MR) is 51.7 cm³/mol. The average Bonchev–Trinajstić information content (AvgIpc) is 2.02. The van der Waals surface area contributed by atoms with Gasteiger partial charge in [-0.3, -0.25) is 0 Å². The lowest BCUT2D eigenvalue weighted by Crippen LogP contribution is -2.09. The molecule has 0 radical (unpaired) electrons. The summed E-state index contributed by atoms with van der Waals surface area (Å²) in [6, 6.07) is 4.90. The average molecular weight is 246 g/mol. The highest BCUT2D eigenvalue weighted by atomic mass is 79.9. The summed E-state index contributed by atoms with van der Waals surface area (Å²) in [5, 5.41) is 8.36. The Hall–Kier alpha value is -1.23. The molecule has 0 amide bonds. The maximum absolute atomic E-state index is 10.2. The Kier molecular flexibility index (Phi) is 3.13. The number of rotatable bonds is 3. The van der Waals surface area contributed by atoms with Gasteiger partial charge in [0, 0.05) is 5.69 Å². The molecular formula is C8H8BrNO3. The Balaban J connectivity index is 2.72. The predicted octanol–water partition coefficient (Wildman–Crippen LogP) is 1.49. The van der Waals surface area contributed by atoms with Crippen LogP contribution in [0.25, 0.3) is 0 Å². The van der Waals surface area contributed by atoms with E-state index in [2.05, 4.69) is 15.9 Å². The normalized spacial score (nSPS) is 9.62. The van der Waals surface area contributed by atoms with Crippen molar-refractivity contribution in [3.8, 4) is 5.75 Å². The van der Waals surface area contributed by atoms with Crippen LogP contribution in [0.4, 0.5) is 5.69 Å². The third-order valence-electron chi connectivity index (χ3n) is 1.31. The second-order valence-corrected chi connectivity index (χ2v) is 3.23. The quantitative estimate of drug-likeness (QED) is 0.792. The summed E-state index contributed by atoms with van der Waals surface area (Å²) >= 11 is 3.20. The van der Waals surface area contributed by atoms with Crippen LogP contribution in [0.2, 0.25) is 0 Å². The van der Waals surface area contributed by atoms with Gasteiger partial charge in [-0.15, -0.1) is 0 Å². The molecule has 1 rings (SSSR count). The van der Waals surface area contributed by atoms with Gasteiger partial charge >= 0.3 is 5.97 Å². The highest BCUT2D eigenvalue weighted by molar-refractivity contribution is 9.10. The SMILES string of the molecule is Nc1ccc(OCC(=O)O)c(Br)c1. The van der Waals surface area contributed by atoms with E-state index in [9.17, 15) is 4.79 Å². The van der Waals surface area contributed by atoms with Crippen LogP contribution in [0.3, 0.4) is 0 Å². The van der Waals surface area contributed by atoms with E-state index in [0.29, 0.717) is 15.9 Å². The molecule has 5 heteroatoms. The van der Waals surface area contributed by atoms with Crippen LogP contribution in [0.5, 0.6) is 5.75 Å². The van der Waals surface area contributed by atoms with Gasteiger partial charge in [-0.25, -0.2) is 4.79 Å². The first-order chi connectivity index (χ1) is 6.09. The third kappa shape index (κ3) is 2.95. The molecule has 3 N–H and O–H groups in total. The molecule has 0 fully saturated rings. The number of ether oxygens (including phenoxy) is 1. The third-order valence-corrected chi connectivity index (χ3v) is 1.93. The monoisotopic (exact) mass is 245 g/mol. The molecule has 0 aliphatic carbocycles. The van der Waals surface area contributed by atoms with Crippen molar-refractivity contribution in [2.75, 3.05) is 12.3 Å². The molecule has 4 nitrogen and oxygen atoms in total. The summed E-state index contributed by atoms with van der Waals surface area (Å²) in [4.78, 5) is 10.2. The fraction of sp³-hybridized carbons (Fsp3) is 0.125. The van der Waals surface area contributed by atoms with Crippen LogP contribution in [0.1, 0.15) is 0 Å². The summed E-state index contributed by atoms with van der Waals surface area (Å²) in [6.45, 7) is -0.359. The van der Waals surface area contributed by atoms with E-state index in [4.69, 9.17) is 15.6 Å². The van der Waals surface area contributed by atoms with E-state index >= 15 is 0 Å². The van der Waals surface area contributed by atoms with Crippen LogP contribution in [-0.4, -0.2) is 17.7 Å². The number of hydrogen-bond donors (Lipinski definition) is 2. The zero-order valence-corrected chi connectivity index (χ0v) is 8.24. The van der Waals surface area contributed by atoms with E-state index in [0.717, 1.165) is 0 Å². The molecule has 13 heavy (non-hydrogen) atoms. The van der Waals surface area contributed by atoms with Gasteiger partial charge in [0.25, 0.3) is 0 Å². The van der Waals surface area contributed by atoms with Crippen molar-refractivity contribution in [2.24, 2.45) is 0 Å². The van der Waals surface area contributed by atoms with Crippen LogP contribution >= 0.6 is 15.9 Å². The molecule has 1 aromatic rings. The van der Waals surface area contributed by atoms with E-state index in [-0.39, 0.29) is 6.61 Å². The van der Waals surface area contributed by atoms with Gasteiger partial charge in [-0.2, -0.15) is 0 Å². The van der Waals surface area contributed by atoms with Crippen LogP contribution < -0.4 is 10.5 Å². The van der Waals surface area contributed by atoms with Gasteiger partial charge in [0.2, 0.25) is 0 Å². The van der Waals surface area contributed by atoms with E-state index < -0.39 is 5.97 Å². The first-order valence-electron chi connectivity index (χ1n) is 3.49. The molecule has 70 valence electrons. The number of carboxylic acids is 1. The number of nitrogen functional groups attached to an aromatic ring is 1. The van der Waals surface area contributed by atoms with E-state index in [1.54, 1.807) is 18.2 Å². The van der Waals surface area contributed by atoms with Crippen molar-refractivity contribution < 1.29 is 14.6 Å². The zero-order chi connectivity index (χ0) is 9.84. The molecule has 1 aromatic carbocycles.